The van der Waals surface area contributed by atoms with Gasteiger partial charge in [0.2, 0.25) is 0 Å². The molecule has 0 saturated carbocycles. The van der Waals surface area contributed by atoms with Crippen molar-refractivity contribution in [3.8, 4) is 0 Å². The first kappa shape index (κ1) is 12.1. The van der Waals surface area contributed by atoms with Gasteiger partial charge in [-0.3, -0.25) is 0 Å². The second-order valence-electron chi connectivity index (χ2n) is 3.66. The Bertz CT molecular complexity index is 302. The van der Waals surface area contributed by atoms with E-state index in [0.29, 0.717) is 5.56 Å². The molecule has 2 N–H and O–H groups in total. The summed E-state index contributed by atoms with van der Waals surface area (Å²) in [5.41, 5.74) is 1.84. The van der Waals surface area contributed by atoms with E-state index in [-0.39, 0.29) is 12.4 Å². The summed E-state index contributed by atoms with van der Waals surface area (Å²) in [5, 5.41) is 11.8. The lowest BCUT2D eigenvalue weighted by Crippen LogP contribution is -2.19. The first-order valence-electron chi connectivity index (χ1n) is 5.30. The van der Waals surface area contributed by atoms with E-state index in [0.717, 1.165) is 31.5 Å². The molecule has 0 aliphatic rings. The molecule has 0 amide bonds. The lowest BCUT2D eigenvalue weighted by molar-refractivity contribution is 0.286. The summed E-state index contributed by atoms with van der Waals surface area (Å²) in [7, 11) is 0. The van der Waals surface area contributed by atoms with E-state index in [4.69, 9.17) is 5.11 Å². The Morgan fingerprint density at radius 2 is 2.13 bits per heavy atom. The molecule has 15 heavy (non-hydrogen) atoms. The predicted octanol–water partition coefficient (Wildman–Crippen LogP) is 1.65. The molecule has 3 heteroatoms. The number of aliphatic hydroxyl groups excluding tert-OH is 1. The third kappa shape index (κ3) is 4.40. The van der Waals surface area contributed by atoms with Crippen LogP contribution in [0.5, 0.6) is 0 Å². The molecule has 1 rings (SSSR count). The quantitative estimate of drug-likeness (QED) is 0.701. The maximum Gasteiger partial charge on any atom is 0.126 e. The number of halogens is 1. The lowest BCUT2D eigenvalue weighted by Gasteiger charge is -2.05. The molecule has 2 nitrogen and oxygen atoms in total. The summed E-state index contributed by atoms with van der Waals surface area (Å²) in [5.74, 6) is -0.146. The molecular formula is C12H18FNO. The van der Waals surface area contributed by atoms with Gasteiger partial charge < -0.3 is 10.4 Å². The Kier molecular flexibility index (Phi) is 5.29. The van der Waals surface area contributed by atoms with Crippen molar-refractivity contribution in [2.45, 2.75) is 19.8 Å². The lowest BCUT2D eigenvalue weighted by atomic mass is 10.1. The van der Waals surface area contributed by atoms with Gasteiger partial charge in [-0.05, 0) is 50.0 Å². The molecule has 0 aromatic heterocycles. The summed E-state index contributed by atoms with van der Waals surface area (Å²) >= 11 is 0. The second-order valence-corrected chi connectivity index (χ2v) is 3.66. The summed E-state index contributed by atoms with van der Waals surface area (Å²) in [6.07, 6.45) is 1.68. The number of benzene rings is 1. The van der Waals surface area contributed by atoms with Crippen LogP contribution in [0, 0.1) is 12.7 Å². The minimum atomic E-state index is -0.146. The van der Waals surface area contributed by atoms with Crippen LogP contribution >= 0.6 is 0 Å². The summed E-state index contributed by atoms with van der Waals surface area (Å²) in [6, 6.07) is 5.21. The van der Waals surface area contributed by atoms with Crippen molar-refractivity contribution in [1.29, 1.82) is 0 Å². The summed E-state index contributed by atoms with van der Waals surface area (Å²) in [6.45, 7) is 3.70. The molecule has 0 aliphatic heterocycles. The first-order chi connectivity index (χ1) is 7.24. The number of aryl methyl sites for hydroxylation is 1. The van der Waals surface area contributed by atoms with Crippen LogP contribution in [0.3, 0.4) is 0 Å². The maximum atomic E-state index is 12.9. The largest absolute Gasteiger partial charge is 0.396 e. The fourth-order valence-corrected chi connectivity index (χ4v) is 1.42. The Hall–Kier alpha value is -0.930. The Morgan fingerprint density at radius 3 is 2.80 bits per heavy atom. The van der Waals surface area contributed by atoms with Crippen molar-refractivity contribution >= 4 is 0 Å². The molecule has 0 spiro atoms. The van der Waals surface area contributed by atoms with E-state index >= 15 is 0 Å². The SMILES string of the molecule is Cc1cc(CCNCCCO)ccc1F. The van der Waals surface area contributed by atoms with Crippen molar-refractivity contribution in [3.63, 3.8) is 0 Å². The number of hydrogen-bond acceptors (Lipinski definition) is 2. The van der Waals surface area contributed by atoms with Crippen LogP contribution in [0.15, 0.2) is 18.2 Å². The van der Waals surface area contributed by atoms with Crippen molar-refractivity contribution < 1.29 is 9.50 Å². The summed E-state index contributed by atoms with van der Waals surface area (Å²) in [4.78, 5) is 0. The zero-order valence-corrected chi connectivity index (χ0v) is 9.09. The minimum absolute atomic E-state index is 0.146. The molecule has 0 aliphatic carbocycles. The monoisotopic (exact) mass is 211 g/mol. The van der Waals surface area contributed by atoms with Gasteiger partial charge in [0.15, 0.2) is 0 Å². The van der Waals surface area contributed by atoms with Crippen molar-refractivity contribution in [1.82, 2.24) is 5.32 Å². The molecule has 0 saturated heterocycles. The van der Waals surface area contributed by atoms with Gasteiger partial charge in [0, 0.05) is 6.61 Å². The Labute approximate surface area is 90.1 Å². The Balaban J connectivity index is 2.28. The van der Waals surface area contributed by atoms with E-state index in [1.54, 1.807) is 6.92 Å². The highest BCUT2D eigenvalue weighted by Crippen LogP contribution is 2.09. The molecule has 0 bridgehead atoms. The molecule has 0 heterocycles. The third-order valence-electron chi connectivity index (χ3n) is 2.32. The van der Waals surface area contributed by atoms with Crippen LogP contribution < -0.4 is 5.32 Å². The molecule has 84 valence electrons. The molecule has 0 unspecified atom stereocenters. The number of aliphatic hydroxyl groups is 1. The standard InChI is InChI=1S/C12H18FNO/c1-10-9-11(3-4-12(10)13)5-7-14-6-2-8-15/h3-4,9,14-15H,2,5-8H2,1H3. The highest BCUT2D eigenvalue weighted by Gasteiger charge is 1.98. The number of hydrogen-bond donors (Lipinski definition) is 2. The smallest absolute Gasteiger partial charge is 0.126 e. The average molecular weight is 211 g/mol. The molecule has 1 aromatic carbocycles. The van der Waals surface area contributed by atoms with E-state index < -0.39 is 0 Å². The third-order valence-corrected chi connectivity index (χ3v) is 2.32. The topological polar surface area (TPSA) is 32.3 Å². The summed E-state index contributed by atoms with van der Waals surface area (Å²) < 4.78 is 12.9. The van der Waals surface area contributed by atoms with Crippen LogP contribution in [-0.2, 0) is 6.42 Å². The van der Waals surface area contributed by atoms with Crippen LogP contribution in [0.1, 0.15) is 17.5 Å². The van der Waals surface area contributed by atoms with Crippen LogP contribution in [0.4, 0.5) is 4.39 Å². The van der Waals surface area contributed by atoms with Gasteiger partial charge in [-0.25, -0.2) is 4.39 Å². The van der Waals surface area contributed by atoms with Gasteiger partial charge in [0.25, 0.3) is 0 Å². The van der Waals surface area contributed by atoms with Gasteiger partial charge in [-0.2, -0.15) is 0 Å². The molecule has 0 radical (unpaired) electrons. The van der Waals surface area contributed by atoms with Crippen molar-refractivity contribution in [2.75, 3.05) is 19.7 Å². The van der Waals surface area contributed by atoms with Gasteiger partial charge in [0.1, 0.15) is 5.82 Å². The van der Waals surface area contributed by atoms with Gasteiger partial charge in [-0.1, -0.05) is 12.1 Å². The zero-order chi connectivity index (χ0) is 11.1. The van der Waals surface area contributed by atoms with Crippen molar-refractivity contribution in [2.24, 2.45) is 0 Å². The van der Waals surface area contributed by atoms with Gasteiger partial charge >= 0.3 is 0 Å². The van der Waals surface area contributed by atoms with E-state index in [2.05, 4.69) is 5.32 Å². The average Bonchev–Trinajstić information content (AvgIpc) is 2.23. The van der Waals surface area contributed by atoms with E-state index in [1.165, 1.54) is 6.07 Å². The van der Waals surface area contributed by atoms with Crippen molar-refractivity contribution in [3.05, 3.63) is 35.1 Å². The minimum Gasteiger partial charge on any atom is -0.396 e. The molecule has 0 fully saturated rings. The highest BCUT2D eigenvalue weighted by molar-refractivity contribution is 5.24. The van der Waals surface area contributed by atoms with Crippen LogP contribution in [0.25, 0.3) is 0 Å². The zero-order valence-electron chi connectivity index (χ0n) is 9.09. The molecule has 1 aromatic rings. The van der Waals surface area contributed by atoms with Crippen LogP contribution in [0.2, 0.25) is 0 Å². The second kappa shape index (κ2) is 6.53. The Morgan fingerprint density at radius 1 is 1.33 bits per heavy atom. The van der Waals surface area contributed by atoms with Gasteiger partial charge in [0.05, 0.1) is 0 Å². The fraction of sp³-hybridized carbons (Fsp3) is 0.500. The first-order valence-corrected chi connectivity index (χ1v) is 5.30. The molecule has 0 atom stereocenters. The maximum absolute atomic E-state index is 12.9. The van der Waals surface area contributed by atoms with Gasteiger partial charge in [-0.15, -0.1) is 0 Å². The number of nitrogens with one attached hydrogen (secondary N) is 1. The molecular weight excluding hydrogens is 193 g/mol. The van der Waals surface area contributed by atoms with E-state index in [9.17, 15) is 4.39 Å². The van der Waals surface area contributed by atoms with Crippen LogP contribution in [-0.4, -0.2) is 24.8 Å². The van der Waals surface area contributed by atoms with E-state index in [1.807, 2.05) is 12.1 Å². The normalized spacial score (nSPS) is 10.6. The number of rotatable bonds is 6. The predicted molar refractivity (Wildman–Crippen MR) is 59.4 cm³/mol. The highest BCUT2D eigenvalue weighted by atomic mass is 19.1. The fourth-order valence-electron chi connectivity index (χ4n) is 1.42.